The lowest BCUT2D eigenvalue weighted by Gasteiger charge is -2.31. The molecule has 8 heteroatoms. The number of halogens is 2. The van der Waals surface area contributed by atoms with E-state index in [0.717, 1.165) is 41.6 Å². The highest BCUT2D eigenvalue weighted by atomic mass is 35.5. The number of rotatable bonds is 5. The summed E-state index contributed by atoms with van der Waals surface area (Å²) in [4.78, 5) is 30.9. The Kier molecular flexibility index (Phi) is 6.30. The summed E-state index contributed by atoms with van der Waals surface area (Å²) in [7, 11) is 0. The fourth-order valence-corrected chi connectivity index (χ4v) is 5.76. The zero-order valence-electron chi connectivity index (χ0n) is 18.8. The summed E-state index contributed by atoms with van der Waals surface area (Å²) in [5.41, 5.74) is 3.79. The number of pyridine rings is 1. The van der Waals surface area contributed by atoms with Crippen LogP contribution in [0.1, 0.15) is 48.9 Å². The molecule has 3 heterocycles. The molecule has 1 amide bonds. The van der Waals surface area contributed by atoms with Crippen molar-refractivity contribution in [3.63, 3.8) is 0 Å². The number of carbonyl (C=O) groups is 2. The van der Waals surface area contributed by atoms with Crippen LogP contribution in [0.4, 0.5) is 4.39 Å². The van der Waals surface area contributed by atoms with Crippen molar-refractivity contribution in [3.05, 3.63) is 64.2 Å². The second-order valence-corrected chi connectivity index (χ2v) is 9.93. The molecular formula is C26H27ClFN3O3. The molecule has 1 aliphatic heterocycles. The highest BCUT2D eigenvalue weighted by molar-refractivity contribution is 6.30. The van der Waals surface area contributed by atoms with Gasteiger partial charge >= 0.3 is 5.97 Å². The van der Waals surface area contributed by atoms with Crippen LogP contribution in [0.3, 0.4) is 0 Å². The van der Waals surface area contributed by atoms with Crippen LogP contribution in [0.25, 0.3) is 11.0 Å². The SMILES string of the molecule is O=C(O)C1CCC(CC(=O)N2CCc3c(n(Cc4cc(F)cc(Cl)c4)c4ncccc34)C2)CC1. The molecular weight excluding hydrogens is 457 g/mol. The molecule has 6 nitrogen and oxygen atoms in total. The van der Waals surface area contributed by atoms with E-state index in [9.17, 15) is 19.1 Å². The predicted molar refractivity (Wildman–Crippen MR) is 127 cm³/mol. The van der Waals surface area contributed by atoms with Crippen LogP contribution in [-0.2, 0) is 29.1 Å². The monoisotopic (exact) mass is 483 g/mol. The summed E-state index contributed by atoms with van der Waals surface area (Å²) in [5, 5.41) is 10.6. The molecule has 1 aliphatic carbocycles. The standard InChI is InChI=1S/C26H27ClFN3O3/c27-19-10-17(11-20(28)13-19)14-31-23-15-30(9-7-21(23)22-2-1-8-29-25(22)31)24(32)12-16-3-5-18(6-4-16)26(33)34/h1-2,8,10-11,13,16,18H,3-7,9,12,14-15H2,(H,33,34). The van der Waals surface area contributed by atoms with Crippen LogP contribution in [0.2, 0.25) is 5.02 Å². The largest absolute Gasteiger partial charge is 0.481 e. The molecule has 0 saturated heterocycles. The van der Waals surface area contributed by atoms with Crippen molar-refractivity contribution in [2.24, 2.45) is 11.8 Å². The Morgan fingerprint density at radius 3 is 2.71 bits per heavy atom. The smallest absolute Gasteiger partial charge is 0.306 e. The van der Waals surface area contributed by atoms with Gasteiger partial charge in [0.05, 0.1) is 12.5 Å². The lowest BCUT2D eigenvalue weighted by atomic mass is 9.80. The zero-order chi connectivity index (χ0) is 23.8. The normalized spacial score (nSPS) is 20.4. The highest BCUT2D eigenvalue weighted by Gasteiger charge is 2.31. The molecule has 0 spiro atoms. The molecule has 1 N–H and O–H groups in total. The van der Waals surface area contributed by atoms with Gasteiger partial charge in [0.15, 0.2) is 0 Å². The average molecular weight is 484 g/mol. The Morgan fingerprint density at radius 2 is 1.97 bits per heavy atom. The van der Waals surface area contributed by atoms with Crippen molar-refractivity contribution in [2.45, 2.75) is 51.6 Å². The van der Waals surface area contributed by atoms with Crippen molar-refractivity contribution < 1.29 is 19.1 Å². The van der Waals surface area contributed by atoms with E-state index < -0.39 is 5.97 Å². The van der Waals surface area contributed by atoms with Crippen molar-refractivity contribution in [3.8, 4) is 0 Å². The van der Waals surface area contributed by atoms with Gasteiger partial charge in [0.2, 0.25) is 5.91 Å². The third-order valence-corrected chi connectivity index (χ3v) is 7.51. The summed E-state index contributed by atoms with van der Waals surface area (Å²) in [5.74, 6) is -1.03. The fraction of sp³-hybridized carbons (Fsp3) is 0.423. The number of fused-ring (bicyclic) bond motifs is 3. The lowest BCUT2D eigenvalue weighted by Crippen LogP contribution is -2.38. The number of carbonyl (C=O) groups excluding carboxylic acids is 1. The van der Waals surface area contributed by atoms with Crippen LogP contribution in [0.5, 0.6) is 0 Å². The predicted octanol–water partition coefficient (Wildman–Crippen LogP) is 5.04. The molecule has 178 valence electrons. The maximum atomic E-state index is 14.0. The van der Waals surface area contributed by atoms with E-state index in [0.29, 0.717) is 43.9 Å². The highest BCUT2D eigenvalue weighted by Crippen LogP contribution is 2.34. The second kappa shape index (κ2) is 9.37. The molecule has 0 radical (unpaired) electrons. The number of hydrogen-bond donors (Lipinski definition) is 1. The molecule has 1 fully saturated rings. The van der Waals surface area contributed by atoms with Crippen LogP contribution in [0, 0.1) is 17.7 Å². The van der Waals surface area contributed by atoms with E-state index in [1.807, 2.05) is 11.0 Å². The fourth-order valence-electron chi connectivity index (χ4n) is 5.52. The van der Waals surface area contributed by atoms with Gasteiger partial charge in [0.1, 0.15) is 11.5 Å². The van der Waals surface area contributed by atoms with E-state index >= 15 is 0 Å². The quantitative estimate of drug-likeness (QED) is 0.551. The van der Waals surface area contributed by atoms with Gasteiger partial charge in [-0.05, 0) is 79.5 Å². The topological polar surface area (TPSA) is 75.4 Å². The molecule has 0 bridgehead atoms. The first-order valence-electron chi connectivity index (χ1n) is 11.8. The van der Waals surface area contributed by atoms with Gasteiger partial charge in [-0.2, -0.15) is 0 Å². The summed E-state index contributed by atoms with van der Waals surface area (Å²) < 4.78 is 16.1. The van der Waals surface area contributed by atoms with Gasteiger partial charge in [-0.1, -0.05) is 11.6 Å². The summed E-state index contributed by atoms with van der Waals surface area (Å²) in [6.45, 7) is 1.55. The molecule has 0 atom stereocenters. The Labute approximate surface area is 202 Å². The third-order valence-electron chi connectivity index (χ3n) is 7.29. The average Bonchev–Trinajstić information content (AvgIpc) is 3.12. The summed E-state index contributed by atoms with van der Waals surface area (Å²) in [6.07, 6.45) is 5.81. The van der Waals surface area contributed by atoms with Crippen molar-refractivity contribution in [1.29, 1.82) is 0 Å². The van der Waals surface area contributed by atoms with Crippen LogP contribution >= 0.6 is 11.6 Å². The van der Waals surface area contributed by atoms with Crippen LogP contribution in [-0.4, -0.2) is 38.0 Å². The first-order chi connectivity index (χ1) is 16.4. The molecule has 2 aromatic heterocycles. The molecule has 34 heavy (non-hydrogen) atoms. The van der Waals surface area contributed by atoms with Gasteiger partial charge in [0.25, 0.3) is 0 Å². The van der Waals surface area contributed by atoms with Crippen LogP contribution in [0.15, 0.2) is 36.5 Å². The van der Waals surface area contributed by atoms with Gasteiger partial charge < -0.3 is 14.6 Å². The summed E-state index contributed by atoms with van der Waals surface area (Å²) >= 11 is 6.09. The number of carboxylic acid groups (broad SMARTS) is 1. The minimum atomic E-state index is -0.727. The molecule has 1 aromatic carbocycles. The van der Waals surface area contributed by atoms with Gasteiger partial charge in [-0.3, -0.25) is 9.59 Å². The lowest BCUT2D eigenvalue weighted by molar-refractivity contribution is -0.143. The Bertz CT molecular complexity index is 1230. The molecule has 1 saturated carbocycles. The van der Waals surface area contributed by atoms with Gasteiger partial charge in [-0.25, -0.2) is 9.37 Å². The van der Waals surface area contributed by atoms with Gasteiger partial charge in [-0.15, -0.1) is 0 Å². The van der Waals surface area contributed by atoms with E-state index in [1.165, 1.54) is 17.7 Å². The number of benzene rings is 1. The minimum absolute atomic E-state index is 0.114. The van der Waals surface area contributed by atoms with Crippen molar-refractivity contribution >= 4 is 34.5 Å². The number of hydrogen-bond acceptors (Lipinski definition) is 3. The zero-order valence-corrected chi connectivity index (χ0v) is 19.6. The number of nitrogens with zero attached hydrogens (tertiary/aromatic N) is 3. The Morgan fingerprint density at radius 1 is 1.18 bits per heavy atom. The number of aromatic nitrogens is 2. The summed E-state index contributed by atoms with van der Waals surface area (Å²) in [6, 6.07) is 8.49. The number of carboxylic acids is 1. The first-order valence-corrected chi connectivity index (χ1v) is 12.2. The van der Waals surface area contributed by atoms with E-state index in [2.05, 4.69) is 15.6 Å². The van der Waals surface area contributed by atoms with Crippen LogP contribution < -0.4 is 0 Å². The first kappa shape index (κ1) is 22.8. The maximum Gasteiger partial charge on any atom is 0.306 e. The Balaban J connectivity index is 1.37. The van der Waals surface area contributed by atoms with Crippen molar-refractivity contribution in [1.82, 2.24) is 14.5 Å². The molecule has 5 rings (SSSR count). The van der Waals surface area contributed by atoms with E-state index in [4.69, 9.17) is 11.6 Å². The van der Waals surface area contributed by atoms with E-state index in [1.54, 1.807) is 12.3 Å². The van der Waals surface area contributed by atoms with E-state index in [-0.39, 0.29) is 23.6 Å². The molecule has 0 unspecified atom stereocenters. The molecule has 2 aliphatic rings. The molecule has 3 aromatic rings. The maximum absolute atomic E-state index is 14.0. The third kappa shape index (κ3) is 4.53. The van der Waals surface area contributed by atoms with Crippen molar-refractivity contribution in [2.75, 3.05) is 6.54 Å². The number of amides is 1. The number of aliphatic carboxylic acids is 1. The second-order valence-electron chi connectivity index (χ2n) is 9.49. The Hall–Kier alpha value is -2.93. The minimum Gasteiger partial charge on any atom is -0.481 e. The van der Waals surface area contributed by atoms with Gasteiger partial charge in [0, 0.05) is 41.8 Å².